The number of carbonyl (C=O) groups is 1. The van der Waals surface area contributed by atoms with Gasteiger partial charge in [0.15, 0.2) is 0 Å². The Labute approximate surface area is 128 Å². The van der Waals surface area contributed by atoms with Crippen LogP contribution in [-0.4, -0.2) is 21.5 Å². The Morgan fingerprint density at radius 1 is 1.45 bits per heavy atom. The van der Waals surface area contributed by atoms with E-state index in [-0.39, 0.29) is 17.8 Å². The molecule has 1 aromatic heterocycles. The zero-order chi connectivity index (χ0) is 14.7. The maximum absolute atomic E-state index is 11.8. The fourth-order valence-corrected chi connectivity index (χ4v) is 2.62. The lowest BCUT2D eigenvalue weighted by molar-refractivity contribution is -0.121. The van der Waals surface area contributed by atoms with E-state index < -0.39 is 0 Å². The summed E-state index contributed by atoms with van der Waals surface area (Å²) < 4.78 is 1.92. The number of imidazole rings is 1. The molecule has 0 aliphatic heterocycles. The van der Waals surface area contributed by atoms with Crippen molar-refractivity contribution in [2.24, 2.45) is 0 Å². The van der Waals surface area contributed by atoms with Crippen LogP contribution in [0.4, 0.5) is 0 Å². The minimum absolute atomic E-state index is 0.00873. The SMILES string of the molecule is CC(C)NC(=O)CCn1c(CCl)nc2cccc(Cl)c21. The smallest absolute Gasteiger partial charge is 0.221 e. The maximum Gasteiger partial charge on any atom is 0.221 e. The first-order valence-corrected chi connectivity index (χ1v) is 7.43. The van der Waals surface area contributed by atoms with Crippen molar-refractivity contribution in [3.63, 3.8) is 0 Å². The first kappa shape index (κ1) is 15.1. The van der Waals surface area contributed by atoms with E-state index in [0.717, 1.165) is 16.9 Å². The van der Waals surface area contributed by atoms with E-state index in [1.165, 1.54) is 0 Å². The van der Waals surface area contributed by atoms with Gasteiger partial charge in [-0.25, -0.2) is 4.98 Å². The fraction of sp³-hybridized carbons (Fsp3) is 0.429. The summed E-state index contributed by atoms with van der Waals surface area (Å²) in [6, 6.07) is 5.69. The molecule has 1 heterocycles. The summed E-state index contributed by atoms with van der Waals surface area (Å²) in [6.45, 7) is 4.39. The van der Waals surface area contributed by atoms with E-state index in [2.05, 4.69) is 10.3 Å². The number of nitrogens with zero attached hydrogens (tertiary/aromatic N) is 2. The zero-order valence-corrected chi connectivity index (χ0v) is 13.0. The van der Waals surface area contributed by atoms with Gasteiger partial charge in [-0.05, 0) is 26.0 Å². The fourth-order valence-electron chi connectivity index (χ4n) is 2.14. The zero-order valence-electron chi connectivity index (χ0n) is 11.5. The Bertz CT molecular complexity index is 622. The molecule has 1 aromatic carbocycles. The quantitative estimate of drug-likeness (QED) is 0.860. The van der Waals surface area contributed by atoms with Gasteiger partial charge in [0.05, 0.1) is 21.9 Å². The average molecular weight is 314 g/mol. The van der Waals surface area contributed by atoms with E-state index in [1.807, 2.05) is 36.6 Å². The van der Waals surface area contributed by atoms with Crippen LogP contribution in [0.15, 0.2) is 18.2 Å². The summed E-state index contributed by atoms with van der Waals surface area (Å²) in [4.78, 5) is 16.2. The second-order valence-electron chi connectivity index (χ2n) is 4.89. The molecule has 1 amide bonds. The molecule has 108 valence electrons. The number of benzene rings is 1. The van der Waals surface area contributed by atoms with Crippen molar-refractivity contribution in [2.75, 3.05) is 0 Å². The van der Waals surface area contributed by atoms with Gasteiger partial charge in [-0.2, -0.15) is 0 Å². The minimum Gasteiger partial charge on any atom is -0.354 e. The molecule has 4 nitrogen and oxygen atoms in total. The Morgan fingerprint density at radius 3 is 2.85 bits per heavy atom. The Balaban J connectivity index is 2.26. The number of rotatable bonds is 5. The number of amides is 1. The maximum atomic E-state index is 11.8. The van der Waals surface area contributed by atoms with Crippen molar-refractivity contribution >= 4 is 40.1 Å². The van der Waals surface area contributed by atoms with Crippen LogP contribution in [0.5, 0.6) is 0 Å². The monoisotopic (exact) mass is 313 g/mol. The number of fused-ring (bicyclic) bond motifs is 1. The average Bonchev–Trinajstić information content (AvgIpc) is 2.74. The molecule has 0 atom stereocenters. The lowest BCUT2D eigenvalue weighted by atomic mass is 10.3. The molecule has 0 unspecified atom stereocenters. The topological polar surface area (TPSA) is 46.9 Å². The van der Waals surface area contributed by atoms with Crippen molar-refractivity contribution in [3.05, 3.63) is 29.0 Å². The number of hydrogen-bond donors (Lipinski definition) is 1. The predicted octanol–water partition coefficient (Wildman–Crippen LogP) is 3.34. The van der Waals surface area contributed by atoms with Crippen LogP contribution in [0.2, 0.25) is 5.02 Å². The van der Waals surface area contributed by atoms with Crippen molar-refractivity contribution in [3.8, 4) is 0 Å². The first-order chi connectivity index (χ1) is 9.52. The third-order valence-electron chi connectivity index (χ3n) is 2.93. The van der Waals surface area contributed by atoms with E-state index in [0.29, 0.717) is 18.0 Å². The highest BCUT2D eigenvalue weighted by Crippen LogP contribution is 2.25. The van der Waals surface area contributed by atoms with Crippen molar-refractivity contribution in [1.29, 1.82) is 0 Å². The molecule has 20 heavy (non-hydrogen) atoms. The Kier molecular flexibility index (Phi) is 4.89. The standard InChI is InChI=1S/C14H17Cl2N3O/c1-9(2)17-13(20)6-7-19-12(8-15)18-11-5-3-4-10(16)14(11)19/h3-5,9H,6-8H2,1-2H3,(H,17,20). The second kappa shape index (κ2) is 6.46. The molecular weight excluding hydrogens is 297 g/mol. The van der Waals surface area contributed by atoms with E-state index in [4.69, 9.17) is 23.2 Å². The highest BCUT2D eigenvalue weighted by atomic mass is 35.5. The van der Waals surface area contributed by atoms with Gasteiger partial charge in [-0.15, -0.1) is 11.6 Å². The molecule has 0 spiro atoms. The molecule has 0 radical (unpaired) electrons. The molecule has 2 aromatic rings. The lowest BCUT2D eigenvalue weighted by Crippen LogP contribution is -2.30. The third-order valence-corrected chi connectivity index (χ3v) is 3.47. The summed E-state index contributed by atoms with van der Waals surface area (Å²) in [5, 5.41) is 3.49. The molecule has 0 fully saturated rings. The Hall–Kier alpha value is -1.26. The normalized spacial score (nSPS) is 11.2. The van der Waals surface area contributed by atoms with E-state index in [9.17, 15) is 4.79 Å². The van der Waals surface area contributed by atoms with Gasteiger partial charge in [0.2, 0.25) is 5.91 Å². The molecule has 1 N–H and O–H groups in total. The number of aromatic nitrogens is 2. The number of aryl methyl sites for hydroxylation is 1. The lowest BCUT2D eigenvalue weighted by Gasteiger charge is -2.11. The minimum atomic E-state index is 0.00873. The van der Waals surface area contributed by atoms with Crippen LogP contribution in [0.1, 0.15) is 26.1 Å². The Morgan fingerprint density at radius 2 is 2.20 bits per heavy atom. The second-order valence-corrected chi connectivity index (χ2v) is 5.57. The molecule has 0 saturated heterocycles. The van der Waals surface area contributed by atoms with Gasteiger partial charge in [-0.3, -0.25) is 4.79 Å². The molecule has 0 saturated carbocycles. The number of alkyl halides is 1. The van der Waals surface area contributed by atoms with E-state index >= 15 is 0 Å². The van der Waals surface area contributed by atoms with Crippen molar-refractivity contribution < 1.29 is 4.79 Å². The van der Waals surface area contributed by atoms with Crippen LogP contribution >= 0.6 is 23.2 Å². The van der Waals surface area contributed by atoms with Crippen LogP contribution in [0, 0.1) is 0 Å². The van der Waals surface area contributed by atoms with Gasteiger partial charge in [0.1, 0.15) is 5.82 Å². The van der Waals surface area contributed by atoms with Crippen LogP contribution < -0.4 is 5.32 Å². The summed E-state index contributed by atoms with van der Waals surface area (Å²) in [7, 11) is 0. The number of carbonyl (C=O) groups excluding carboxylic acids is 1. The molecule has 0 aliphatic carbocycles. The number of para-hydroxylation sites is 1. The van der Waals surface area contributed by atoms with Crippen LogP contribution in [0.25, 0.3) is 11.0 Å². The molecule has 2 rings (SSSR count). The van der Waals surface area contributed by atoms with Gasteiger partial charge in [-0.1, -0.05) is 17.7 Å². The highest BCUT2D eigenvalue weighted by Gasteiger charge is 2.14. The summed E-state index contributed by atoms with van der Waals surface area (Å²) in [6.07, 6.45) is 0.374. The van der Waals surface area contributed by atoms with Crippen molar-refractivity contribution in [1.82, 2.24) is 14.9 Å². The van der Waals surface area contributed by atoms with E-state index in [1.54, 1.807) is 0 Å². The van der Waals surface area contributed by atoms with Gasteiger partial charge in [0.25, 0.3) is 0 Å². The number of hydrogen-bond acceptors (Lipinski definition) is 2. The summed E-state index contributed by atoms with van der Waals surface area (Å²) in [5.74, 6) is 1.03. The molecular formula is C14H17Cl2N3O. The van der Waals surface area contributed by atoms with Crippen LogP contribution in [-0.2, 0) is 17.2 Å². The van der Waals surface area contributed by atoms with Crippen LogP contribution in [0.3, 0.4) is 0 Å². The summed E-state index contributed by atoms with van der Waals surface area (Å²) >= 11 is 12.2. The highest BCUT2D eigenvalue weighted by molar-refractivity contribution is 6.35. The number of nitrogens with one attached hydrogen (secondary N) is 1. The molecule has 0 bridgehead atoms. The predicted molar refractivity (Wildman–Crippen MR) is 82.2 cm³/mol. The van der Waals surface area contributed by atoms with Gasteiger partial charge in [0, 0.05) is 19.0 Å². The molecule has 6 heteroatoms. The third kappa shape index (κ3) is 3.25. The number of halogens is 2. The van der Waals surface area contributed by atoms with Gasteiger partial charge < -0.3 is 9.88 Å². The first-order valence-electron chi connectivity index (χ1n) is 6.52. The van der Waals surface area contributed by atoms with Gasteiger partial charge >= 0.3 is 0 Å². The van der Waals surface area contributed by atoms with Crippen molar-refractivity contribution in [2.45, 2.75) is 38.7 Å². The summed E-state index contributed by atoms with van der Waals surface area (Å²) in [5.41, 5.74) is 1.64. The largest absolute Gasteiger partial charge is 0.354 e. The molecule has 0 aliphatic rings.